The van der Waals surface area contributed by atoms with Crippen LogP contribution >= 0.6 is 23.5 Å². The smallest absolute Gasteiger partial charge is 0.304 e. The van der Waals surface area contributed by atoms with E-state index in [0.29, 0.717) is 12.8 Å². The number of carbonyl (C=O) groups excluding carboxylic acids is 3. The van der Waals surface area contributed by atoms with Crippen LogP contribution in [0.1, 0.15) is 32.1 Å². The summed E-state index contributed by atoms with van der Waals surface area (Å²) in [5.74, 6) is -1.35. The van der Waals surface area contributed by atoms with Gasteiger partial charge in [-0.15, -0.1) is 0 Å². The minimum atomic E-state index is -1.03. The van der Waals surface area contributed by atoms with Crippen LogP contribution in [0.5, 0.6) is 0 Å². The molecule has 1 atom stereocenters. The molecule has 1 rings (SSSR count). The van der Waals surface area contributed by atoms with Gasteiger partial charge in [-0.1, -0.05) is 46.8 Å². The summed E-state index contributed by atoms with van der Waals surface area (Å²) in [4.78, 5) is 50.8. The van der Waals surface area contributed by atoms with Gasteiger partial charge in [0.05, 0.1) is 6.42 Å². The van der Waals surface area contributed by atoms with Crippen molar-refractivity contribution in [3.8, 4) is 0 Å². The van der Waals surface area contributed by atoms with Gasteiger partial charge in [-0.3, -0.25) is 19.2 Å². The number of hydrogen-bond acceptors (Lipinski definition) is 7. The Morgan fingerprint density at radius 3 is 2.52 bits per heavy atom. The molecule has 0 aliphatic carbocycles. The third-order valence-electron chi connectivity index (χ3n) is 3.50. The van der Waals surface area contributed by atoms with Crippen LogP contribution in [0.3, 0.4) is 0 Å². The zero-order valence-corrected chi connectivity index (χ0v) is 17.3. The highest BCUT2D eigenvalue weighted by Gasteiger charge is 2.24. The standard InChI is InChI=1S/C18H22N4O5S2/c19-22-20-10-5-4-8-15(23)21-14(18(27)28-11-9-16(24)25)12-17(26)29-13-6-2-1-3-7-13/h1-3,6-7,14H,4-5,8-12H2,(H,21,23)(H,24,25)/t14-/m0/s1. The second-order valence-corrected chi connectivity index (χ2v) is 8.06. The summed E-state index contributed by atoms with van der Waals surface area (Å²) in [5.41, 5.74) is 8.22. The number of carboxylic acids is 1. The molecular formula is C18H22N4O5S2. The molecule has 0 fully saturated rings. The molecule has 1 aromatic carbocycles. The predicted octanol–water partition coefficient (Wildman–Crippen LogP) is 3.40. The Kier molecular flexibility index (Phi) is 12.3. The number of hydrogen-bond donors (Lipinski definition) is 2. The van der Waals surface area contributed by atoms with E-state index in [-0.39, 0.29) is 42.6 Å². The molecule has 0 aliphatic heterocycles. The summed E-state index contributed by atoms with van der Waals surface area (Å²) in [6, 6.07) is 7.91. The molecule has 0 saturated carbocycles. The molecule has 0 spiro atoms. The van der Waals surface area contributed by atoms with Crippen LogP contribution in [0.4, 0.5) is 0 Å². The number of carbonyl (C=O) groups is 4. The van der Waals surface area contributed by atoms with Crippen molar-refractivity contribution in [1.29, 1.82) is 0 Å². The Bertz CT molecular complexity index is 754. The summed E-state index contributed by atoms with van der Waals surface area (Å²) in [7, 11) is 0. The Hall–Kier alpha value is -2.49. The highest BCUT2D eigenvalue weighted by molar-refractivity contribution is 8.14. The van der Waals surface area contributed by atoms with E-state index in [2.05, 4.69) is 15.3 Å². The van der Waals surface area contributed by atoms with Crippen LogP contribution in [0.25, 0.3) is 10.4 Å². The topological polar surface area (TPSA) is 149 Å². The van der Waals surface area contributed by atoms with Crippen molar-refractivity contribution in [2.75, 3.05) is 12.3 Å². The number of thioether (sulfide) groups is 2. The molecular weight excluding hydrogens is 416 g/mol. The van der Waals surface area contributed by atoms with E-state index in [1.807, 2.05) is 6.07 Å². The lowest BCUT2D eigenvalue weighted by molar-refractivity contribution is -0.136. The van der Waals surface area contributed by atoms with Gasteiger partial charge in [0.25, 0.3) is 0 Å². The molecule has 1 aromatic rings. The average Bonchev–Trinajstić information content (AvgIpc) is 2.67. The zero-order valence-electron chi connectivity index (χ0n) is 15.7. The van der Waals surface area contributed by atoms with Gasteiger partial charge < -0.3 is 10.4 Å². The Labute approximate surface area is 176 Å². The highest BCUT2D eigenvalue weighted by Crippen LogP contribution is 2.22. The lowest BCUT2D eigenvalue weighted by Crippen LogP contribution is -2.41. The number of unbranched alkanes of at least 4 members (excludes halogenated alkanes) is 1. The summed E-state index contributed by atoms with van der Waals surface area (Å²) in [5, 5.41) is 13.9. The van der Waals surface area contributed by atoms with Gasteiger partial charge in [0.15, 0.2) is 5.12 Å². The van der Waals surface area contributed by atoms with Crippen molar-refractivity contribution in [3.63, 3.8) is 0 Å². The number of nitrogens with one attached hydrogen (secondary N) is 1. The van der Waals surface area contributed by atoms with Crippen LogP contribution in [-0.4, -0.2) is 45.6 Å². The number of carboxylic acid groups (broad SMARTS) is 1. The Morgan fingerprint density at radius 1 is 1.14 bits per heavy atom. The molecule has 0 radical (unpaired) electrons. The summed E-state index contributed by atoms with van der Waals surface area (Å²) in [6.07, 6.45) is 0.757. The van der Waals surface area contributed by atoms with Gasteiger partial charge in [0.1, 0.15) is 6.04 Å². The van der Waals surface area contributed by atoms with Gasteiger partial charge in [0.2, 0.25) is 11.0 Å². The second-order valence-electron chi connectivity index (χ2n) is 5.83. The molecule has 2 N–H and O–H groups in total. The highest BCUT2D eigenvalue weighted by atomic mass is 32.2. The van der Waals surface area contributed by atoms with Crippen molar-refractivity contribution < 1.29 is 24.3 Å². The monoisotopic (exact) mass is 438 g/mol. The first-order valence-electron chi connectivity index (χ1n) is 8.86. The molecule has 0 heterocycles. The molecule has 29 heavy (non-hydrogen) atoms. The summed E-state index contributed by atoms with van der Waals surface area (Å²) >= 11 is 1.77. The number of aliphatic carboxylic acids is 1. The lowest BCUT2D eigenvalue weighted by atomic mass is 10.2. The molecule has 0 aromatic heterocycles. The number of azide groups is 1. The molecule has 0 bridgehead atoms. The van der Waals surface area contributed by atoms with E-state index in [1.165, 1.54) is 0 Å². The molecule has 0 unspecified atom stereocenters. The van der Waals surface area contributed by atoms with E-state index in [1.54, 1.807) is 24.3 Å². The van der Waals surface area contributed by atoms with Crippen molar-refractivity contribution >= 4 is 45.6 Å². The van der Waals surface area contributed by atoms with Crippen LogP contribution in [0.15, 0.2) is 40.3 Å². The first-order chi connectivity index (χ1) is 13.9. The average molecular weight is 439 g/mol. The van der Waals surface area contributed by atoms with E-state index >= 15 is 0 Å². The molecule has 11 heteroatoms. The fraction of sp³-hybridized carbons (Fsp3) is 0.444. The summed E-state index contributed by atoms with van der Waals surface area (Å²) in [6.45, 7) is 0.281. The predicted molar refractivity (Wildman–Crippen MR) is 111 cm³/mol. The third-order valence-corrected chi connectivity index (χ3v) is 5.38. The fourth-order valence-corrected chi connectivity index (χ4v) is 3.77. The van der Waals surface area contributed by atoms with Gasteiger partial charge in [-0.05, 0) is 30.5 Å². The molecule has 9 nitrogen and oxygen atoms in total. The van der Waals surface area contributed by atoms with Crippen molar-refractivity contribution in [3.05, 3.63) is 40.8 Å². The molecule has 1 amide bonds. The third kappa shape index (κ3) is 11.8. The zero-order chi connectivity index (χ0) is 21.5. The van der Waals surface area contributed by atoms with Crippen LogP contribution in [0, 0.1) is 0 Å². The van der Waals surface area contributed by atoms with E-state index in [9.17, 15) is 19.2 Å². The number of nitrogens with zero attached hydrogens (tertiary/aromatic N) is 3. The van der Waals surface area contributed by atoms with Crippen molar-refractivity contribution in [2.24, 2.45) is 5.11 Å². The Morgan fingerprint density at radius 2 is 1.86 bits per heavy atom. The van der Waals surface area contributed by atoms with Crippen LogP contribution in [-0.2, 0) is 19.2 Å². The van der Waals surface area contributed by atoms with Crippen molar-refractivity contribution in [1.82, 2.24) is 5.32 Å². The van der Waals surface area contributed by atoms with E-state index in [4.69, 9.17) is 10.6 Å². The maximum absolute atomic E-state index is 12.4. The first-order valence-corrected chi connectivity index (χ1v) is 10.7. The SMILES string of the molecule is [N-]=[N+]=NCCCCC(=O)N[C@@H](CC(=O)Sc1ccccc1)C(=O)SCCC(=O)O. The largest absolute Gasteiger partial charge is 0.481 e. The van der Waals surface area contributed by atoms with Gasteiger partial charge >= 0.3 is 5.97 Å². The molecule has 156 valence electrons. The van der Waals surface area contributed by atoms with E-state index in [0.717, 1.165) is 28.4 Å². The van der Waals surface area contributed by atoms with E-state index < -0.39 is 17.1 Å². The maximum atomic E-state index is 12.4. The van der Waals surface area contributed by atoms with Crippen LogP contribution < -0.4 is 5.32 Å². The Balaban J connectivity index is 2.62. The molecule has 0 saturated heterocycles. The van der Waals surface area contributed by atoms with Crippen LogP contribution in [0.2, 0.25) is 0 Å². The minimum Gasteiger partial charge on any atom is -0.481 e. The van der Waals surface area contributed by atoms with Gasteiger partial charge in [0, 0.05) is 34.9 Å². The number of benzene rings is 1. The quantitative estimate of drug-likeness (QED) is 0.157. The van der Waals surface area contributed by atoms with Gasteiger partial charge in [-0.25, -0.2) is 0 Å². The first kappa shape index (κ1) is 24.5. The normalized spacial score (nSPS) is 11.2. The minimum absolute atomic E-state index is 0.0622. The second kappa shape index (κ2) is 14.5. The number of rotatable bonds is 13. The fourth-order valence-electron chi connectivity index (χ4n) is 2.14. The van der Waals surface area contributed by atoms with Crippen molar-refractivity contribution in [2.45, 2.75) is 43.0 Å². The van der Waals surface area contributed by atoms with Gasteiger partial charge in [-0.2, -0.15) is 0 Å². The lowest BCUT2D eigenvalue weighted by Gasteiger charge is -2.16. The number of amides is 1. The molecule has 0 aliphatic rings. The summed E-state index contributed by atoms with van der Waals surface area (Å²) < 4.78 is 0. The maximum Gasteiger partial charge on any atom is 0.304 e.